The molecule has 1 rings (SSSR count). The molecule has 0 spiro atoms. The first-order chi connectivity index (χ1) is 12.4. The quantitative estimate of drug-likeness (QED) is 0.190. The lowest BCUT2D eigenvalue weighted by atomic mass is 9.95. The van der Waals surface area contributed by atoms with Crippen molar-refractivity contribution in [3.63, 3.8) is 0 Å². The molecular formula is C21H29NO4. The molecule has 0 aromatic heterocycles. The molecule has 0 saturated heterocycles. The zero-order chi connectivity index (χ0) is 19.4. The minimum Gasteiger partial charge on any atom is -0.463 e. The van der Waals surface area contributed by atoms with Crippen molar-refractivity contribution in [2.45, 2.75) is 70.8 Å². The smallest absolute Gasteiger partial charge is 0.346 e. The molecule has 1 aromatic carbocycles. The van der Waals surface area contributed by atoms with E-state index in [1.807, 2.05) is 0 Å². The fourth-order valence-electron chi connectivity index (χ4n) is 2.60. The van der Waals surface area contributed by atoms with Gasteiger partial charge >= 0.3 is 5.97 Å². The molecule has 5 nitrogen and oxygen atoms in total. The third-order valence-electron chi connectivity index (χ3n) is 4.33. The second-order valence-corrected chi connectivity index (χ2v) is 6.67. The number of hydrogen-bond donors (Lipinski definition) is 1. The van der Waals surface area contributed by atoms with Gasteiger partial charge in [0.2, 0.25) is 11.4 Å². The third-order valence-corrected chi connectivity index (χ3v) is 4.33. The number of benzene rings is 1. The average Bonchev–Trinajstić information content (AvgIpc) is 2.65. The number of ketones is 1. The first-order valence-corrected chi connectivity index (χ1v) is 9.35. The van der Waals surface area contributed by atoms with Gasteiger partial charge in [-0.05, 0) is 13.3 Å². The molecule has 0 aliphatic rings. The van der Waals surface area contributed by atoms with Crippen molar-refractivity contribution in [1.82, 2.24) is 0 Å². The monoisotopic (exact) mass is 359 g/mol. The van der Waals surface area contributed by atoms with E-state index in [1.54, 1.807) is 0 Å². The maximum atomic E-state index is 12.3. The summed E-state index contributed by atoms with van der Waals surface area (Å²) in [7, 11) is 0. The minimum atomic E-state index is -2.22. The van der Waals surface area contributed by atoms with Crippen LogP contribution in [-0.2, 0) is 9.53 Å². The van der Waals surface area contributed by atoms with E-state index in [1.165, 1.54) is 56.4 Å². The van der Waals surface area contributed by atoms with Gasteiger partial charge in [-0.2, -0.15) is 0 Å². The topological polar surface area (TPSA) is 68.0 Å². The fourth-order valence-corrected chi connectivity index (χ4v) is 2.60. The van der Waals surface area contributed by atoms with E-state index in [0.29, 0.717) is 5.69 Å². The van der Waals surface area contributed by atoms with Gasteiger partial charge in [-0.3, -0.25) is 4.79 Å². The summed E-state index contributed by atoms with van der Waals surface area (Å²) in [6.07, 6.45) is 9.00. The molecule has 0 fully saturated rings. The Labute approximate surface area is 156 Å². The fraction of sp³-hybridized carbons (Fsp3) is 0.571. The summed E-state index contributed by atoms with van der Waals surface area (Å²) in [5.41, 5.74) is -1.66. The predicted octanol–water partition coefficient (Wildman–Crippen LogP) is 4.85. The van der Waals surface area contributed by atoms with Crippen LogP contribution in [0.15, 0.2) is 24.3 Å². The minimum absolute atomic E-state index is 0.173. The van der Waals surface area contributed by atoms with E-state index in [2.05, 4.69) is 11.8 Å². The molecule has 0 saturated carbocycles. The van der Waals surface area contributed by atoms with Crippen molar-refractivity contribution < 1.29 is 19.4 Å². The Morgan fingerprint density at radius 1 is 1.04 bits per heavy atom. The van der Waals surface area contributed by atoms with Gasteiger partial charge in [-0.25, -0.2) is 9.64 Å². The molecule has 0 heterocycles. The number of rotatable bonds is 12. The highest BCUT2D eigenvalue weighted by atomic mass is 16.5. The van der Waals surface area contributed by atoms with Crippen molar-refractivity contribution >= 4 is 17.4 Å². The van der Waals surface area contributed by atoms with Crippen LogP contribution in [0, 0.1) is 6.57 Å². The maximum absolute atomic E-state index is 12.3. The first-order valence-electron chi connectivity index (χ1n) is 9.35. The molecule has 26 heavy (non-hydrogen) atoms. The molecule has 0 aliphatic heterocycles. The Kier molecular flexibility index (Phi) is 9.61. The van der Waals surface area contributed by atoms with Crippen LogP contribution >= 0.6 is 0 Å². The lowest BCUT2D eigenvalue weighted by molar-refractivity contribution is -0.158. The number of Topliss-reactive ketones (excluding diaryl/α,β-unsaturated/α-hetero) is 1. The van der Waals surface area contributed by atoms with Crippen LogP contribution in [0.25, 0.3) is 4.85 Å². The number of unbranched alkanes of at least 4 members (excludes halogenated alkanes) is 7. The molecular weight excluding hydrogens is 330 g/mol. The lowest BCUT2D eigenvalue weighted by Gasteiger charge is -2.20. The van der Waals surface area contributed by atoms with Crippen LogP contribution < -0.4 is 0 Å². The third kappa shape index (κ3) is 6.97. The largest absolute Gasteiger partial charge is 0.463 e. The van der Waals surface area contributed by atoms with E-state index in [-0.39, 0.29) is 12.2 Å². The molecule has 1 atom stereocenters. The van der Waals surface area contributed by atoms with Crippen LogP contribution in [-0.4, -0.2) is 29.1 Å². The highest BCUT2D eigenvalue weighted by molar-refractivity contribution is 6.14. The Balaban J connectivity index is 2.35. The Bertz CT molecular complexity index is 614. The van der Waals surface area contributed by atoms with Crippen molar-refractivity contribution in [2.24, 2.45) is 0 Å². The second kappa shape index (κ2) is 11.4. The van der Waals surface area contributed by atoms with Crippen molar-refractivity contribution in [3.8, 4) is 0 Å². The number of aliphatic hydroxyl groups is 1. The van der Waals surface area contributed by atoms with E-state index in [0.717, 1.165) is 26.2 Å². The van der Waals surface area contributed by atoms with Gasteiger partial charge in [-0.15, -0.1) is 0 Å². The van der Waals surface area contributed by atoms with Crippen molar-refractivity contribution in [2.75, 3.05) is 6.61 Å². The van der Waals surface area contributed by atoms with Gasteiger partial charge in [0.15, 0.2) is 5.69 Å². The standard InChI is InChI=1S/C21H29NO4/c1-4-5-6-7-8-9-10-11-16-26-20(24)21(2,25)19(23)17-12-14-18(22-3)15-13-17/h12-15,25H,4-11,16H2,1-2H3/t21-/m1/s1. The lowest BCUT2D eigenvalue weighted by Crippen LogP contribution is -2.45. The molecule has 142 valence electrons. The van der Waals surface area contributed by atoms with E-state index < -0.39 is 17.4 Å². The molecule has 0 radical (unpaired) electrons. The van der Waals surface area contributed by atoms with E-state index in [9.17, 15) is 14.7 Å². The summed E-state index contributed by atoms with van der Waals surface area (Å²) in [5.74, 6) is -1.66. The second-order valence-electron chi connectivity index (χ2n) is 6.67. The van der Waals surface area contributed by atoms with Gasteiger partial charge in [0.05, 0.1) is 13.2 Å². The van der Waals surface area contributed by atoms with Crippen LogP contribution in [0.4, 0.5) is 5.69 Å². The SMILES string of the molecule is [C-]#[N+]c1ccc(C(=O)[C@@](C)(O)C(=O)OCCCCCCCCCC)cc1. The Hall–Kier alpha value is -2.19. The molecule has 0 amide bonds. The summed E-state index contributed by atoms with van der Waals surface area (Å²) in [5, 5.41) is 10.3. The number of carbonyl (C=O) groups excluding carboxylic acids is 2. The maximum Gasteiger partial charge on any atom is 0.346 e. The molecule has 0 aliphatic carbocycles. The van der Waals surface area contributed by atoms with Crippen LogP contribution in [0.5, 0.6) is 0 Å². The predicted molar refractivity (Wildman–Crippen MR) is 101 cm³/mol. The number of hydrogen-bond acceptors (Lipinski definition) is 4. The van der Waals surface area contributed by atoms with Crippen LogP contribution in [0.1, 0.15) is 75.6 Å². The van der Waals surface area contributed by atoms with Crippen molar-refractivity contribution in [1.29, 1.82) is 0 Å². The van der Waals surface area contributed by atoms with Crippen LogP contribution in [0.2, 0.25) is 0 Å². The zero-order valence-corrected chi connectivity index (χ0v) is 15.8. The first kappa shape index (κ1) is 21.9. The van der Waals surface area contributed by atoms with Gasteiger partial charge in [0.1, 0.15) is 0 Å². The van der Waals surface area contributed by atoms with E-state index >= 15 is 0 Å². The van der Waals surface area contributed by atoms with Crippen LogP contribution in [0.3, 0.4) is 0 Å². The molecule has 0 unspecified atom stereocenters. The number of ether oxygens (including phenoxy) is 1. The van der Waals surface area contributed by atoms with E-state index in [4.69, 9.17) is 11.3 Å². The molecule has 5 heteroatoms. The number of nitrogens with zero attached hydrogens (tertiary/aromatic N) is 1. The summed E-state index contributed by atoms with van der Waals surface area (Å²) in [6.45, 7) is 10.4. The Morgan fingerprint density at radius 3 is 2.12 bits per heavy atom. The zero-order valence-electron chi connectivity index (χ0n) is 15.8. The number of esters is 1. The van der Waals surface area contributed by atoms with Gasteiger partial charge in [0.25, 0.3) is 0 Å². The van der Waals surface area contributed by atoms with Gasteiger partial charge < -0.3 is 9.84 Å². The Morgan fingerprint density at radius 2 is 1.58 bits per heavy atom. The summed E-state index contributed by atoms with van der Waals surface area (Å²) in [4.78, 5) is 27.6. The summed E-state index contributed by atoms with van der Waals surface area (Å²) < 4.78 is 5.08. The molecule has 1 N–H and O–H groups in total. The number of carbonyl (C=O) groups is 2. The van der Waals surface area contributed by atoms with Gasteiger partial charge in [-0.1, -0.05) is 76.1 Å². The normalized spacial score (nSPS) is 12.8. The highest BCUT2D eigenvalue weighted by Gasteiger charge is 2.40. The highest BCUT2D eigenvalue weighted by Crippen LogP contribution is 2.19. The summed E-state index contributed by atoms with van der Waals surface area (Å²) >= 11 is 0. The average molecular weight is 359 g/mol. The van der Waals surface area contributed by atoms with Gasteiger partial charge in [0, 0.05) is 5.56 Å². The molecule has 0 bridgehead atoms. The molecule has 1 aromatic rings. The summed E-state index contributed by atoms with van der Waals surface area (Å²) in [6, 6.07) is 5.80. The van der Waals surface area contributed by atoms with Crippen molar-refractivity contribution in [3.05, 3.63) is 41.2 Å².